The van der Waals surface area contributed by atoms with Gasteiger partial charge in [-0.2, -0.15) is 5.10 Å². The Hall–Kier alpha value is -1.61. The topological polar surface area (TPSA) is 29.9 Å². The third-order valence-corrected chi connectivity index (χ3v) is 3.83. The zero-order chi connectivity index (χ0) is 15.1. The molecule has 2 aromatic rings. The van der Waals surface area contributed by atoms with Crippen LogP contribution in [0.4, 0.5) is 0 Å². The van der Waals surface area contributed by atoms with Crippen molar-refractivity contribution in [2.75, 3.05) is 6.54 Å². The number of aromatic nitrogens is 2. The van der Waals surface area contributed by atoms with Crippen molar-refractivity contribution < 1.29 is 0 Å². The number of rotatable bonds is 8. The monoisotopic (exact) mass is 285 g/mol. The molecular formula is C18H27N3. The zero-order valence-electron chi connectivity index (χ0n) is 13.5. The van der Waals surface area contributed by atoms with Crippen molar-refractivity contribution in [3.05, 3.63) is 53.3 Å². The van der Waals surface area contributed by atoms with Gasteiger partial charge in [-0.25, -0.2) is 0 Å². The van der Waals surface area contributed by atoms with E-state index in [1.807, 2.05) is 6.20 Å². The van der Waals surface area contributed by atoms with Crippen LogP contribution in [0.3, 0.4) is 0 Å². The van der Waals surface area contributed by atoms with E-state index in [9.17, 15) is 0 Å². The SMILES string of the molecule is CCCn1nccc1C(CCc1ccc(C)cc1)NCC. The van der Waals surface area contributed by atoms with Gasteiger partial charge < -0.3 is 5.32 Å². The molecule has 0 bridgehead atoms. The molecule has 1 heterocycles. The molecule has 0 aliphatic carbocycles. The molecule has 114 valence electrons. The fourth-order valence-corrected chi connectivity index (χ4v) is 2.70. The van der Waals surface area contributed by atoms with Gasteiger partial charge in [0.15, 0.2) is 0 Å². The molecule has 1 unspecified atom stereocenters. The van der Waals surface area contributed by atoms with Gasteiger partial charge in [0.25, 0.3) is 0 Å². The molecule has 3 heteroatoms. The quantitative estimate of drug-likeness (QED) is 0.797. The summed E-state index contributed by atoms with van der Waals surface area (Å²) >= 11 is 0. The molecule has 1 aromatic heterocycles. The molecule has 0 saturated carbocycles. The average molecular weight is 285 g/mol. The Bertz CT molecular complexity index is 528. The number of aryl methyl sites for hydroxylation is 3. The van der Waals surface area contributed by atoms with E-state index in [2.05, 4.69) is 66.2 Å². The summed E-state index contributed by atoms with van der Waals surface area (Å²) in [6, 6.07) is 11.4. The minimum Gasteiger partial charge on any atom is -0.309 e. The average Bonchev–Trinajstić information content (AvgIpc) is 2.94. The Kier molecular flexibility index (Phi) is 6.00. The zero-order valence-corrected chi connectivity index (χ0v) is 13.5. The molecule has 0 fully saturated rings. The number of hydrogen-bond acceptors (Lipinski definition) is 2. The van der Waals surface area contributed by atoms with Gasteiger partial charge in [-0.3, -0.25) is 4.68 Å². The van der Waals surface area contributed by atoms with Gasteiger partial charge in [0.05, 0.1) is 5.69 Å². The lowest BCUT2D eigenvalue weighted by molar-refractivity contribution is 0.458. The van der Waals surface area contributed by atoms with Crippen LogP contribution >= 0.6 is 0 Å². The van der Waals surface area contributed by atoms with Crippen LogP contribution < -0.4 is 5.32 Å². The van der Waals surface area contributed by atoms with E-state index >= 15 is 0 Å². The highest BCUT2D eigenvalue weighted by Crippen LogP contribution is 2.19. The van der Waals surface area contributed by atoms with Crippen molar-refractivity contribution in [3.63, 3.8) is 0 Å². The highest BCUT2D eigenvalue weighted by molar-refractivity contribution is 5.21. The predicted molar refractivity (Wildman–Crippen MR) is 88.4 cm³/mol. The molecule has 3 nitrogen and oxygen atoms in total. The van der Waals surface area contributed by atoms with Crippen LogP contribution in [0.2, 0.25) is 0 Å². The smallest absolute Gasteiger partial charge is 0.0553 e. The Morgan fingerprint density at radius 3 is 2.57 bits per heavy atom. The number of nitrogens with zero attached hydrogens (tertiary/aromatic N) is 2. The Morgan fingerprint density at radius 1 is 1.14 bits per heavy atom. The van der Waals surface area contributed by atoms with Crippen LogP contribution in [0.25, 0.3) is 0 Å². The maximum Gasteiger partial charge on any atom is 0.0553 e. The summed E-state index contributed by atoms with van der Waals surface area (Å²) < 4.78 is 2.14. The third kappa shape index (κ3) is 4.43. The number of nitrogens with one attached hydrogen (secondary N) is 1. The van der Waals surface area contributed by atoms with E-state index in [-0.39, 0.29) is 0 Å². The van der Waals surface area contributed by atoms with Crippen molar-refractivity contribution in [2.45, 2.75) is 52.6 Å². The molecule has 21 heavy (non-hydrogen) atoms. The fourth-order valence-electron chi connectivity index (χ4n) is 2.70. The lowest BCUT2D eigenvalue weighted by atomic mass is 10.0. The van der Waals surface area contributed by atoms with Gasteiger partial charge >= 0.3 is 0 Å². The second-order valence-corrected chi connectivity index (χ2v) is 5.61. The van der Waals surface area contributed by atoms with Gasteiger partial charge in [-0.1, -0.05) is 43.7 Å². The van der Waals surface area contributed by atoms with E-state index in [4.69, 9.17) is 0 Å². The molecule has 0 saturated heterocycles. The van der Waals surface area contributed by atoms with E-state index in [1.54, 1.807) is 0 Å². The number of benzene rings is 1. The van der Waals surface area contributed by atoms with Gasteiger partial charge in [0, 0.05) is 18.8 Å². The maximum atomic E-state index is 4.45. The molecule has 0 radical (unpaired) electrons. The molecule has 0 spiro atoms. The van der Waals surface area contributed by atoms with Crippen molar-refractivity contribution in [1.29, 1.82) is 0 Å². The van der Waals surface area contributed by atoms with Crippen molar-refractivity contribution >= 4 is 0 Å². The molecule has 0 amide bonds. The van der Waals surface area contributed by atoms with Crippen LogP contribution in [0.15, 0.2) is 36.5 Å². The first-order valence-corrected chi connectivity index (χ1v) is 8.05. The Labute approximate surface area is 128 Å². The molecule has 0 aliphatic heterocycles. The predicted octanol–water partition coefficient (Wildman–Crippen LogP) is 3.88. The minimum atomic E-state index is 0.380. The first kappa shape index (κ1) is 15.8. The summed E-state index contributed by atoms with van der Waals surface area (Å²) in [5, 5.41) is 8.06. The molecule has 0 aliphatic rings. The van der Waals surface area contributed by atoms with Crippen LogP contribution in [0.5, 0.6) is 0 Å². The lowest BCUT2D eigenvalue weighted by Crippen LogP contribution is -2.24. The summed E-state index contributed by atoms with van der Waals surface area (Å²) in [5.74, 6) is 0. The molecule has 1 aromatic carbocycles. The van der Waals surface area contributed by atoms with Gasteiger partial charge in [-0.15, -0.1) is 0 Å². The van der Waals surface area contributed by atoms with Crippen molar-refractivity contribution in [1.82, 2.24) is 15.1 Å². The summed E-state index contributed by atoms with van der Waals surface area (Å²) in [6.07, 6.45) is 5.23. The molecule has 1 atom stereocenters. The first-order valence-electron chi connectivity index (χ1n) is 8.05. The molecule has 2 rings (SSSR count). The standard InChI is InChI=1S/C18H27N3/c1-4-14-21-18(12-13-20-21)17(19-5-2)11-10-16-8-6-15(3)7-9-16/h6-9,12-13,17,19H,4-5,10-11,14H2,1-3H3. The lowest BCUT2D eigenvalue weighted by Gasteiger charge is -2.19. The van der Waals surface area contributed by atoms with Crippen molar-refractivity contribution in [2.24, 2.45) is 0 Å². The molecular weight excluding hydrogens is 258 g/mol. The van der Waals surface area contributed by atoms with E-state index in [0.717, 1.165) is 32.4 Å². The van der Waals surface area contributed by atoms with Crippen LogP contribution in [0.1, 0.15) is 49.6 Å². The number of hydrogen-bond donors (Lipinski definition) is 1. The minimum absolute atomic E-state index is 0.380. The van der Waals surface area contributed by atoms with Gasteiger partial charge in [-0.05, 0) is 44.4 Å². The first-order chi connectivity index (χ1) is 10.2. The summed E-state index contributed by atoms with van der Waals surface area (Å²) in [6.45, 7) is 8.47. The Balaban J connectivity index is 2.04. The Morgan fingerprint density at radius 2 is 1.90 bits per heavy atom. The van der Waals surface area contributed by atoms with Crippen molar-refractivity contribution in [3.8, 4) is 0 Å². The summed E-state index contributed by atoms with van der Waals surface area (Å²) in [7, 11) is 0. The highest BCUT2D eigenvalue weighted by Gasteiger charge is 2.14. The van der Waals surface area contributed by atoms with Crippen LogP contribution in [-0.4, -0.2) is 16.3 Å². The van der Waals surface area contributed by atoms with Crippen LogP contribution in [0, 0.1) is 6.92 Å². The largest absolute Gasteiger partial charge is 0.309 e. The molecule has 1 N–H and O–H groups in total. The van der Waals surface area contributed by atoms with E-state index < -0.39 is 0 Å². The second-order valence-electron chi connectivity index (χ2n) is 5.61. The fraction of sp³-hybridized carbons (Fsp3) is 0.500. The van der Waals surface area contributed by atoms with E-state index in [0.29, 0.717) is 6.04 Å². The van der Waals surface area contributed by atoms with Crippen LogP contribution in [-0.2, 0) is 13.0 Å². The van der Waals surface area contributed by atoms with Gasteiger partial charge in [0.2, 0.25) is 0 Å². The van der Waals surface area contributed by atoms with Gasteiger partial charge in [0.1, 0.15) is 0 Å². The third-order valence-electron chi connectivity index (χ3n) is 3.83. The summed E-state index contributed by atoms with van der Waals surface area (Å²) in [5.41, 5.74) is 4.04. The second kappa shape index (κ2) is 7.99. The normalized spacial score (nSPS) is 12.5. The highest BCUT2D eigenvalue weighted by atomic mass is 15.3. The maximum absolute atomic E-state index is 4.45. The van der Waals surface area contributed by atoms with E-state index in [1.165, 1.54) is 16.8 Å². The summed E-state index contributed by atoms with van der Waals surface area (Å²) in [4.78, 5) is 0.